The molecule has 108 valence electrons. The first kappa shape index (κ1) is 15.9. The van der Waals surface area contributed by atoms with Gasteiger partial charge in [0, 0.05) is 25.2 Å². The molecule has 1 heterocycles. The third kappa shape index (κ3) is 5.68. The van der Waals surface area contributed by atoms with Gasteiger partial charge in [0.2, 0.25) is 0 Å². The van der Waals surface area contributed by atoms with E-state index in [1.54, 1.807) is 0 Å². The molecule has 18 heavy (non-hydrogen) atoms. The van der Waals surface area contributed by atoms with Crippen LogP contribution in [0.3, 0.4) is 0 Å². The van der Waals surface area contributed by atoms with Crippen LogP contribution in [-0.4, -0.2) is 50.3 Å². The van der Waals surface area contributed by atoms with Crippen LogP contribution in [0.2, 0.25) is 0 Å². The Morgan fingerprint density at radius 2 is 2.00 bits per heavy atom. The molecule has 1 fully saturated rings. The molecule has 0 spiro atoms. The van der Waals surface area contributed by atoms with Gasteiger partial charge in [-0.05, 0) is 45.2 Å². The summed E-state index contributed by atoms with van der Waals surface area (Å²) in [6.45, 7) is 13.3. The van der Waals surface area contributed by atoms with E-state index in [4.69, 9.17) is 4.74 Å². The van der Waals surface area contributed by atoms with Crippen molar-refractivity contribution in [2.24, 2.45) is 11.8 Å². The Bertz CT molecular complexity index is 215. The minimum Gasteiger partial charge on any atom is -0.381 e. The van der Waals surface area contributed by atoms with Crippen LogP contribution < -0.4 is 5.32 Å². The highest BCUT2D eigenvalue weighted by Gasteiger charge is 2.21. The maximum atomic E-state index is 5.56. The van der Waals surface area contributed by atoms with Gasteiger partial charge < -0.3 is 15.0 Å². The van der Waals surface area contributed by atoms with Gasteiger partial charge in [0.1, 0.15) is 0 Å². The summed E-state index contributed by atoms with van der Waals surface area (Å²) >= 11 is 0. The standard InChI is InChI=1S/C15H32N2O/c1-12(2)16-9-13(3)14(4)17(5)10-15-7-6-8-18-11-15/h12-16H,6-11H2,1-5H3. The second-order valence-corrected chi connectivity index (χ2v) is 6.30. The van der Waals surface area contributed by atoms with Crippen LogP contribution in [0.5, 0.6) is 0 Å². The van der Waals surface area contributed by atoms with Crippen LogP contribution >= 0.6 is 0 Å². The molecule has 1 aliphatic heterocycles. The highest BCUT2D eigenvalue weighted by Crippen LogP contribution is 2.17. The molecule has 1 saturated heterocycles. The molecule has 0 aromatic carbocycles. The fraction of sp³-hybridized carbons (Fsp3) is 1.00. The lowest BCUT2D eigenvalue weighted by Gasteiger charge is -2.34. The van der Waals surface area contributed by atoms with Gasteiger partial charge in [0.15, 0.2) is 0 Å². The van der Waals surface area contributed by atoms with Crippen molar-refractivity contribution >= 4 is 0 Å². The number of hydrogen-bond acceptors (Lipinski definition) is 3. The average Bonchev–Trinajstić information content (AvgIpc) is 2.36. The van der Waals surface area contributed by atoms with Gasteiger partial charge >= 0.3 is 0 Å². The second-order valence-electron chi connectivity index (χ2n) is 6.30. The fourth-order valence-electron chi connectivity index (χ4n) is 2.55. The maximum Gasteiger partial charge on any atom is 0.0506 e. The molecule has 0 aromatic rings. The van der Waals surface area contributed by atoms with Crippen LogP contribution in [0.15, 0.2) is 0 Å². The molecule has 0 bridgehead atoms. The summed E-state index contributed by atoms with van der Waals surface area (Å²) in [6.07, 6.45) is 2.56. The quantitative estimate of drug-likeness (QED) is 0.757. The smallest absolute Gasteiger partial charge is 0.0506 e. The van der Waals surface area contributed by atoms with Crippen molar-refractivity contribution < 1.29 is 4.74 Å². The third-order valence-corrected chi connectivity index (χ3v) is 4.17. The Kier molecular flexibility index (Phi) is 7.20. The molecule has 3 nitrogen and oxygen atoms in total. The number of rotatable bonds is 7. The highest BCUT2D eigenvalue weighted by atomic mass is 16.5. The lowest BCUT2D eigenvalue weighted by Crippen LogP contribution is -2.43. The number of ether oxygens (including phenoxy) is 1. The van der Waals surface area contributed by atoms with E-state index < -0.39 is 0 Å². The predicted octanol–water partition coefficient (Wildman–Crippen LogP) is 2.37. The molecule has 0 radical (unpaired) electrons. The lowest BCUT2D eigenvalue weighted by atomic mass is 9.98. The Hall–Kier alpha value is -0.120. The molecule has 0 aromatic heterocycles. The summed E-state index contributed by atoms with van der Waals surface area (Å²) in [5.74, 6) is 1.42. The van der Waals surface area contributed by atoms with Crippen LogP contribution in [0.4, 0.5) is 0 Å². The van der Waals surface area contributed by atoms with Crippen LogP contribution in [-0.2, 0) is 4.74 Å². The largest absolute Gasteiger partial charge is 0.381 e. The first-order chi connectivity index (χ1) is 8.50. The van der Waals surface area contributed by atoms with Crippen molar-refractivity contribution in [3.05, 3.63) is 0 Å². The van der Waals surface area contributed by atoms with Gasteiger partial charge in [-0.15, -0.1) is 0 Å². The Balaban J connectivity index is 2.27. The molecule has 3 unspecified atom stereocenters. The van der Waals surface area contributed by atoms with Gasteiger partial charge in [0.05, 0.1) is 6.61 Å². The van der Waals surface area contributed by atoms with E-state index in [2.05, 4.69) is 45.0 Å². The normalized spacial score (nSPS) is 24.5. The van der Waals surface area contributed by atoms with Crippen molar-refractivity contribution in [3.63, 3.8) is 0 Å². The van der Waals surface area contributed by atoms with Crippen molar-refractivity contribution in [1.29, 1.82) is 0 Å². The van der Waals surface area contributed by atoms with E-state index in [-0.39, 0.29) is 0 Å². The van der Waals surface area contributed by atoms with Gasteiger partial charge in [-0.3, -0.25) is 0 Å². The monoisotopic (exact) mass is 256 g/mol. The number of hydrogen-bond donors (Lipinski definition) is 1. The molecule has 0 amide bonds. The first-order valence-corrected chi connectivity index (χ1v) is 7.52. The summed E-state index contributed by atoms with van der Waals surface area (Å²) in [6, 6.07) is 1.20. The van der Waals surface area contributed by atoms with Crippen molar-refractivity contribution in [2.45, 2.75) is 52.6 Å². The third-order valence-electron chi connectivity index (χ3n) is 4.17. The Morgan fingerprint density at radius 3 is 2.56 bits per heavy atom. The van der Waals surface area contributed by atoms with Gasteiger partial charge in [0.25, 0.3) is 0 Å². The van der Waals surface area contributed by atoms with Gasteiger partial charge in [-0.2, -0.15) is 0 Å². The zero-order valence-corrected chi connectivity index (χ0v) is 12.9. The van der Waals surface area contributed by atoms with E-state index >= 15 is 0 Å². The van der Waals surface area contributed by atoms with Gasteiger partial charge in [-0.25, -0.2) is 0 Å². The van der Waals surface area contributed by atoms with Crippen molar-refractivity contribution in [3.8, 4) is 0 Å². The summed E-state index contributed by atoms with van der Waals surface area (Å²) in [4.78, 5) is 2.51. The highest BCUT2D eigenvalue weighted by molar-refractivity contribution is 4.76. The van der Waals surface area contributed by atoms with E-state index in [1.807, 2.05) is 0 Å². The minimum atomic E-state index is 0.580. The van der Waals surface area contributed by atoms with E-state index in [0.717, 1.165) is 25.7 Å². The topological polar surface area (TPSA) is 24.5 Å². The summed E-state index contributed by atoms with van der Waals surface area (Å²) in [7, 11) is 2.26. The van der Waals surface area contributed by atoms with E-state index in [9.17, 15) is 0 Å². The molecule has 1 N–H and O–H groups in total. The zero-order valence-electron chi connectivity index (χ0n) is 12.9. The summed E-state index contributed by atoms with van der Waals surface area (Å²) in [5.41, 5.74) is 0. The van der Waals surface area contributed by atoms with Gasteiger partial charge in [-0.1, -0.05) is 20.8 Å². The predicted molar refractivity (Wildman–Crippen MR) is 77.9 cm³/mol. The summed E-state index contributed by atoms with van der Waals surface area (Å²) < 4.78 is 5.56. The van der Waals surface area contributed by atoms with Crippen LogP contribution in [0, 0.1) is 11.8 Å². The van der Waals surface area contributed by atoms with Crippen LogP contribution in [0.1, 0.15) is 40.5 Å². The Morgan fingerprint density at radius 1 is 1.28 bits per heavy atom. The molecular formula is C15H32N2O. The van der Waals surface area contributed by atoms with E-state index in [0.29, 0.717) is 18.0 Å². The molecule has 3 heteroatoms. The Labute approximate surface area is 113 Å². The molecule has 1 aliphatic rings. The summed E-state index contributed by atoms with van der Waals surface area (Å²) in [5, 5.41) is 3.53. The molecular weight excluding hydrogens is 224 g/mol. The second kappa shape index (κ2) is 8.13. The fourth-order valence-corrected chi connectivity index (χ4v) is 2.55. The van der Waals surface area contributed by atoms with Crippen molar-refractivity contribution in [1.82, 2.24) is 10.2 Å². The zero-order chi connectivity index (χ0) is 13.5. The molecule has 1 rings (SSSR count). The van der Waals surface area contributed by atoms with Crippen LogP contribution in [0.25, 0.3) is 0 Å². The lowest BCUT2D eigenvalue weighted by molar-refractivity contribution is 0.0333. The number of nitrogens with zero attached hydrogens (tertiary/aromatic N) is 1. The maximum absolute atomic E-state index is 5.56. The average molecular weight is 256 g/mol. The number of nitrogens with one attached hydrogen (secondary N) is 1. The first-order valence-electron chi connectivity index (χ1n) is 7.52. The molecule has 3 atom stereocenters. The molecule has 0 saturated carbocycles. The minimum absolute atomic E-state index is 0.580. The van der Waals surface area contributed by atoms with E-state index in [1.165, 1.54) is 19.4 Å². The van der Waals surface area contributed by atoms with Crippen molar-refractivity contribution in [2.75, 3.05) is 33.4 Å². The SMILES string of the molecule is CC(C)NCC(C)C(C)N(C)CC1CCCOC1. The molecule has 0 aliphatic carbocycles.